The van der Waals surface area contributed by atoms with Gasteiger partial charge in [-0.3, -0.25) is 4.79 Å². The molecule has 0 spiro atoms. The number of benzene rings is 5. The molecule has 2 N–H and O–H groups in total. The van der Waals surface area contributed by atoms with Crippen molar-refractivity contribution in [2.75, 3.05) is 19.0 Å². The molecule has 0 fully saturated rings. The number of amides is 1. The van der Waals surface area contributed by atoms with Crippen LogP contribution in [0.2, 0.25) is 0 Å². The van der Waals surface area contributed by atoms with Crippen LogP contribution in [0.1, 0.15) is 35.6 Å². The van der Waals surface area contributed by atoms with E-state index in [0.29, 0.717) is 29.9 Å². The molecule has 0 saturated carbocycles. The molecule has 262 valence electrons. The quantitative estimate of drug-likeness (QED) is 0.122. The summed E-state index contributed by atoms with van der Waals surface area (Å²) < 4.78 is 67.7. The smallest absolute Gasteiger partial charge is 0.252 e. The Bertz CT molecular complexity index is 2100. The molecule has 1 amide bonds. The molecule has 1 aliphatic rings. The number of carbonyl (C=O) groups excluding carboxylic acids is 1. The van der Waals surface area contributed by atoms with E-state index in [2.05, 4.69) is 5.32 Å². The Morgan fingerprint density at radius 2 is 1.49 bits per heavy atom. The van der Waals surface area contributed by atoms with Crippen LogP contribution in [0, 0.1) is 11.6 Å². The third-order valence-electron chi connectivity index (χ3n) is 8.66. The van der Waals surface area contributed by atoms with E-state index in [4.69, 9.17) is 19.6 Å². The Morgan fingerprint density at radius 1 is 0.843 bits per heavy atom. The molecule has 6 rings (SSSR count). The molecule has 1 heterocycles. The molecule has 0 radical (unpaired) electrons. The lowest BCUT2D eigenvalue weighted by molar-refractivity contribution is -0.129. The summed E-state index contributed by atoms with van der Waals surface area (Å²) in [6, 6.07) is 35.0. The predicted molar refractivity (Wildman–Crippen MR) is 190 cm³/mol. The van der Waals surface area contributed by atoms with Crippen molar-refractivity contribution in [3.63, 3.8) is 0 Å². The zero-order valence-corrected chi connectivity index (χ0v) is 28.4. The van der Waals surface area contributed by atoms with Gasteiger partial charge in [0.05, 0.1) is 17.3 Å². The summed E-state index contributed by atoms with van der Waals surface area (Å²) in [6.07, 6.45) is -0.895. The molecule has 5 aromatic rings. The number of halogens is 2. The van der Waals surface area contributed by atoms with Crippen molar-refractivity contribution in [1.82, 2.24) is 5.32 Å². The van der Waals surface area contributed by atoms with Gasteiger partial charge in [-0.2, -0.15) is 0 Å². The number of carbonyl (C=O) groups is 1. The van der Waals surface area contributed by atoms with Crippen molar-refractivity contribution < 1.29 is 36.6 Å². The largest absolute Gasteiger partial charge is 0.494 e. The van der Waals surface area contributed by atoms with Gasteiger partial charge in [-0.25, -0.2) is 22.2 Å². The van der Waals surface area contributed by atoms with Crippen molar-refractivity contribution >= 4 is 21.6 Å². The average molecular weight is 711 g/mol. The number of nitrogens with one attached hydrogen (secondary N) is 1. The number of aliphatic hydroxyl groups excluding tert-OH is 1. The highest BCUT2D eigenvalue weighted by Gasteiger charge is 2.53. The van der Waals surface area contributed by atoms with Crippen LogP contribution in [0.4, 0.5) is 8.78 Å². The number of nitrogens with zero attached hydrogens (tertiary/aromatic N) is 1. The molecule has 5 aromatic carbocycles. The second-order valence-electron chi connectivity index (χ2n) is 12.1. The summed E-state index contributed by atoms with van der Waals surface area (Å²) in [5.74, 6) is -2.08. The van der Waals surface area contributed by atoms with Gasteiger partial charge in [-0.1, -0.05) is 78.9 Å². The number of aliphatic imine (C=N–C) groups is 1. The molecule has 0 aliphatic carbocycles. The van der Waals surface area contributed by atoms with Crippen LogP contribution in [0.15, 0.2) is 137 Å². The number of hydrogen-bond donors (Lipinski definition) is 2. The first-order valence-electron chi connectivity index (χ1n) is 16.4. The molecule has 0 unspecified atom stereocenters. The predicted octanol–water partition coefficient (Wildman–Crippen LogP) is 6.83. The number of ether oxygens (including phenoxy) is 2. The summed E-state index contributed by atoms with van der Waals surface area (Å²) in [5.41, 5.74) is 1.20. The molecule has 11 heteroatoms. The topological polar surface area (TPSA) is 114 Å². The molecule has 0 bridgehead atoms. The van der Waals surface area contributed by atoms with E-state index in [1.807, 2.05) is 54.6 Å². The van der Waals surface area contributed by atoms with Crippen molar-refractivity contribution in [2.24, 2.45) is 4.99 Å². The monoisotopic (exact) mass is 710 g/mol. The Balaban J connectivity index is 1.41. The fraction of sp³-hybridized carbons (Fsp3) is 0.200. The first-order valence-corrected chi connectivity index (χ1v) is 18.1. The third-order valence-corrected chi connectivity index (χ3v) is 10.4. The van der Waals surface area contributed by atoms with E-state index in [-0.39, 0.29) is 35.9 Å². The van der Waals surface area contributed by atoms with Crippen molar-refractivity contribution in [2.45, 2.75) is 35.9 Å². The Morgan fingerprint density at radius 3 is 2.16 bits per heavy atom. The lowest BCUT2D eigenvalue weighted by atomic mass is 9.84. The van der Waals surface area contributed by atoms with Gasteiger partial charge in [0.15, 0.2) is 21.5 Å². The molecule has 8 nitrogen and oxygen atoms in total. The molecule has 2 atom stereocenters. The van der Waals surface area contributed by atoms with E-state index in [1.165, 1.54) is 18.2 Å². The molecular formula is C40H36F2N2O6S. The second-order valence-corrected chi connectivity index (χ2v) is 14.2. The first-order chi connectivity index (χ1) is 24.7. The molecule has 1 aliphatic heterocycles. The number of sulfone groups is 1. The number of aliphatic hydroxyl groups is 1. The van der Waals surface area contributed by atoms with Gasteiger partial charge < -0.3 is 19.9 Å². The maximum Gasteiger partial charge on any atom is 0.252 e. The van der Waals surface area contributed by atoms with Crippen LogP contribution in [0.3, 0.4) is 0 Å². The minimum Gasteiger partial charge on any atom is -0.494 e. The highest BCUT2D eigenvalue weighted by atomic mass is 32.2. The van der Waals surface area contributed by atoms with Gasteiger partial charge in [-0.15, -0.1) is 0 Å². The summed E-state index contributed by atoms with van der Waals surface area (Å²) in [5, 5.41) is 11.8. The SMILES string of the molecule is O=C(NCc1ccc(F)cc1F)[C@]1(CCS(=O)(=O)c2ccccc2)N=C(c2ccc(OCCCO)cc2)O[C@@H]1c1ccc(-c2ccccc2)cc1. The molecule has 0 saturated heterocycles. The fourth-order valence-electron chi connectivity index (χ4n) is 5.88. The van der Waals surface area contributed by atoms with Crippen molar-refractivity contribution in [3.8, 4) is 16.9 Å². The zero-order chi connectivity index (χ0) is 35.8. The van der Waals surface area contributed by atoms with E-state index < -0.39 is 44.8 Å². The lowest BCUT2D eigenvalue weighted by Crippen LogP contribution is -2.49. The van der Waals surface area contributed by atoms with Crippen LogP contribution in [-0.2, 0) is 25.9 Å². The maximum atomic E-state index is 14.7. The molecular weight excluding hydrogens is 675 g/mol. The van der Waals surface area contributed by atoms with Crippen LogP contribution in [0.5, 0.6) is 5.75 Å². The Labute approximate surface area is 295 Å². The number of hydrogen-bond acceptors (Lipinski definition) is 7. The van der Waals surface area contributed by atoms with E-state index in [0.717, 1.165) is 23.3 Å². The fourth-order valence-corrected chi connectivity index (χ4v) is 7.27. The number of rotatable bonds is 14. The van der Waals surface area contributed by atoms with Gasteiger partial charge in [0.25, 0.3) is 5.91 Å². The van der Waals surface area contributed by atoms with Crippen LogP contribution in [-0.4, -0.2) is 49.8 Å². The lowest BCUT2D eigenvalue weighted by Gasteiger charge is -2.31. The summed E-state index contributed by atoms with van der Waals surface area (Å²) in [6.45, 7) is 0.0130. The third kappa shape index (κ3) is 8.16. The average Bonchev–Trinajstić information content (AvgIpc) is 3.56. The standard InChI is InChI=1S/C40H36F2N2O6S/c41-33-19-16-32(36(42)26-33)27-43-39(46)40(22-25-51(47,48)35-10-5-2-6-11-35)37(30-14-12-29(13-15-30)28-8-3-1-4-9-28)50-38(44-40)31-17-20-34(21-18-31)49-24-7-23-45/h1-6,8-21,26,37,45H,7,22-25,27H2,(H,43,46)/t37-,40-/m1/s1. The summed E-state index contributed by atoms with van der Waals surface area (Å²) >= 11 is 0. The van der Waals surface area contributed by atoms with E-state index >= 15 is 0 Å². The summed E-state index contributed by atoms with van der Waals surface area (Å²) in [4.78, 5) is 19.5. The summed E-state index contributed by atoms with van der Waals surface area (Å²) in [7, 11) is -3.89. The zero-order valence-electron chi connectivity index (χ0n) is 27.5. The second kappa shape index (κ2) is 15.7. The molecule has 0 aromatic heterocycles. The van der Waals surface area contributed by atoms with Gasteiger partial charge in [0, 0.05) is 43.2 Å². The van der Waals surface area contributed by atoms with Gasteiger partial charge >= 0.3 is 0 Å². The van der Waals surface area contributed by atoms with E-state index in [9.17, 15) is 22.0 Å². The van der Waals surface area contributed by atoms with Crippen molar-refractivity contribution in [3.05, 3.63) is 156 Å². The Hall–Kier alpha value is -5.39. The van der Waals surface area contributed by atoms with Gasteiger partial charge in [-0.05, 0) is 59.2 Å². The molecule has 51 heavy (non-hydrogen) atoms. The highest BCUT2D eigenvalue weighted by molar-refractivity contribution is 7.91. The normalized spacial score (nSPS) is 17.0. The van der Waals surface area contributed by atoms with Gasteiger partial charge in [0.1, 0.15) is 17.4 Å². The first kappa shape index (κ1) is 35.4. The highest BCUT2D eigenvalue weighted by Crippen LogP contribution is 2.43. The van der Waals surface area contributed by atoms with Crippen molar-refractivity contribution in [1.29, 1.82) is 0 Å². The Kier molecular flexibility index (Phi) is 10.9. The van der Waals surface area contributed by atoms with Crippen LogP contribution in [0.25, 0.3) is 11.1 Å². The maximum absolute atomic E-state index is 14.7. The van der Waals surface area contributed by atoms with Gasteiger partial charge in [0.2, 0.25) is 5.90 Å². The minimum absolute atomic E-state index is 0.00557. The van der Waals surface area contributed by atoms with Crippen LogP contribution >= 0.6 is 0 Å². The van der Waals surface area contributed by atoms with Crippen LogP contribution < -0.4 is 10.1 Å². The van der Waals surface area contributed by atoms with E-state index in [1.54, 1.807) is 42.5 Å². The minimum atomic E-state index is -3.89.